The van der Waals surface area contributed by atoms with Crippen LogP contribution >= 0.6 is 0 Å². The number of hydrogen-bond acceptors (Lipinski definition) is 3. The molecule has 1 atom stereocenters. The lowest BCUT2D eigenvalue weighted by atomic mass is 9.92. The molecule has 0 radical (unpaired) electrons. The molecule has 148 valence electrons. The maximum Gasteiger partial charge on any atom is 0.320 e. The summed E-state index contributed by atoms with van der Waals surface area (Å²) in [6.07, 6.45) is 0. The summed E-state index contributed by atoms with van der Waals surface area (Å²) in [5.41, 5.74) is 2.91. The minimum absolute atomic E-state index is 0.142. The van der Waals surface area contributed by atoms with Gasteiger partial charge < -0.3 is 5.32 Å². The van der Waals surface area contributed by atoms with Crippen LogP contribution in [0.1, 0.15) is 50.6 Å². The molecule has 0 saturated heterocycles. The first-order valence-electron chi connectivity index (χ1n) is 9.51. The summed E-state index contributed by atoms with van der Waals surface area (Å²) in [5, 5.41) is 19.7. The number of anilines is 1. The van der Waals surface area contributed by atoms with E-state index in [1.807, 2.05) is 49.4 Å². The first-order chi connectivity index (χ1) is 13.8. The van der Waals surface area contributed by atoms with Crippen LogP contribution in [0.4, 0.5) is 10.6 Å². The maximum absolute atomic E-state index is 12.6. The topological polar surface area (TPSA) is 82.7 Å². The Morgan fingerprint density at radius 2 is 1.83 bits per heavy atom. The highest BCUT2D eigenvalue weighted by atomic mass is 16.2. The summed E-state index contributed by atoms with van der Waals surface area (Å²) < 4.78 is 1.66. The normalized spacial score (nSPS) is 12.1. The fourth-order valence-corrected chi connectivity index (χ4v) is 2.91. The zero-order valence-corrected chi connectivity index (χ0v) is 17.1. The second kappa shape index (κ2) is 8.19. The molecular formula is C23H25N5O. The molecule has 0 bridgehead atoms. The number of nitrogens with zero attached hydrogens (tertiary/aromatic N) is 3. The third kappa shape index (κ3) is 4.82. The van der Waals surface area contributed by atoms with Gasteiger partial charge in [-0.3, -0.25) is 5.32 Å². The van der Waals surface area contributed by atoms with E-state index in [-0.39, 0.29) is 17.5 Å². The smallest absolute Gasteiger partial charge is 0.320 e. The Morgan fingerprint density at radius 3 is 2.48 bits per heavy atom. The van der Waals surface area contributed by atoms with Crippen LogP contribution in [0.3, 0.4) is 0 Å². The van der Waals surface area contributed by atoms with E-state index in [4.69, 9.17) is 0 Å². The number of benzene rings is 2. The molecule has 6 nitrogen and oxygen atoms in total. The molecule has 0 aliphatic heterocycles. The van der Waals surface area contributed by atoms with Crippen LogP contribution in [0.5, 0.6) is 0 Å². The average Bonchev–Trinajstić information content (AvgIpc) is 3.12. The van der Waals surface area contributed by atoms with Gasteiger partial charge in [-0.25, -0.2) is 9.48 Å². The maximum atomic E-state index is 12.6. The number of carbonyl (C=O) groups is 1. The molecule has 2 N–H and O–H groups in total. The minimum Gasteiger partial charge on any atom is -0.331 e. The third-order valence-corrected chi connectivity index (χ3v) is 4.59. The number of hydrogen-bond donors (Lipinski definition) is 2. The molecule has 0 unspecified atom stereocenters. The zero-order chi connectivity index (χ0) is 21.0. The number of amides is 2. The Bertz CT molecular complexity index is 1040. The van der Waals surface area contributed by atoms with Crippen molar-refractivity contribution in [1.82, 2.24) is 15.1 Å². The molecule has 1 aromatic heterocycles. The highest BCUT2D eigenvalue weighted by Crippen LogP contribution is 2.26. The fourth-order valence-electron chi connectivity index (χ4n) is 2.91. The summed E-state index contributed by atoms with van der Waals surface area (Å²) >= 11 is 0. The summed E-state index contributed by atoms with van der Waals surface area (Å²) in [6, 6.07) is 20.5. The number of nitriles is 1. The molecule has 2 amide bonds. The van der Waals surface area contributed by atoms with Crippen molar-refractivity contribution in [1.29, 1.82) is 5.26 Å². The molecule has 2 aromatic carbocycles. The van der Waals surface area contributed by atoms with Gasteiger partial charge in [0.05, 0.1) is 29.1 Å². The number of rotatable bonds is 4. The van der Waals surface area contributed by atoms with Gasteiger partial charge in [-0.1, -0.05) is 57.2 Å². The third-order valence-electron chi connectivity index (χ3n) is 4.59. The molecule has 0 saturated carbocycles. The quantitative estimate of drug-likeness (QED) is 0.666. The van der Waals surface area contributed by atoms with Gasteiger partial charge in [-0.15, -0.1) is 0 Å². The highest BCUT2D eigenvalue weighted by molar-refractivity contribution is 5.89. The lowest BCUT2D eigenvalue weighted by Crippen LogP contribution is -2.31. The van der Waals surface area contributed by atoms with E-state index >= 15 is 0 Å². The average molecular weight is 387 g/mol. The fraction of sp³-hybridized carbons (Fsp3) is 0.261. The molecule has 0 aliphatic rings. The number of nitrogens with one attached hydrogen (secondary N) is 2. The zero-order valence-electron chi connectivity index (χ0n) is 17.1. The van der Waals surface area contributed by atoms with Gasteiger partial charge in [0.15, 0.2) is 0 Å². The van der Waals surface area contributed by atoms with Crippen molar-refractivity contribution in [3.05, 3.63) is 77.5 Å². The molecule has 0 aliphatic carbocycles. The Labute approximate surface area is 171 Å². The largest absolute Gasteiger partial charge is 0.331 e. The van der Waals surface area contributed by atoms with Crippen molar-refractivity contribution in [3.63, 3.8) is 0 Å². The number of carbonyl (C=O) groups excluding carboxylic acids is 1. The van der Waals surface area contributed by atoms with Crippen LogP contribution in [0.2, 0.25) is 0 Å². The van der Waals surface area contributed by atoms with Gasteiger partial charge >= 0.3 is 6.03 Å². The van der Waals surface area contributed by atoms with Crippen LogP contribution in [0, 0.1) is 11.3 Å². The van der Waals surface area contributed by atoms with E-state index in [2.05, 4.69) is 42.6 Å². The van der Waals surface area contributed by atoms with Crippen LogP contribution in [0.15, 0.2) is 60.7 Å². The number of urea groups is 1. The molecule has 29 heavy (non-hydrogen) atoms. The van der Waals surface area contributed by atoms with Gasteiger partial charge in [0.1, 0.15) is 5.82 Å². The van der Waals surface area contributed by atoms with Crippen LogP contribution in [0.25, 0.3) is 5.69 Å². The van der Waals surface area contributed by atoms with Crippen molar-refractivity contribution >= 4 is 11.8 Å². The summed E-state index contributed by atoms with van der Waals surface area (Å²) in [7, 11) is 0. The number of aromatic nitrogens is 2. The van der Waals surface area contributed by atoms with Gasteiger partial charge in [-0.2, -0.15) is 10.4 Å². The minimum atomic E-state index is -0.320. The van der Waals surface area contributed by atoms with E-state index < -0.39 is 0 Å². The van der Waals surface area contributed by atoms with Gasteiger partial charge in [0.2, 0.25) is 0 Å². The van der Waals surface area contributed by atoms with E-state index in [9.17, 15) is 10.1 Å². The Morgan fingerprint density at radius 1 is 1.10 bits per heavy atom. The van der Waals surface area contributed by atoms with Crippen LogP contribution in [-0.2, 0) is 5.41 Å². The van der Waals surface area contributed by atoms with E-state index in [0.29, 0.717) is 17.1 Å². The molecule has 3 rings (SSSR count). The van der Waals surface area contributed by atoms with Crippen molar-refractivity contribution in [2.24, 2.45) is 0 Å². The molecule has 0 spiro atoms. The Balaban J connectivity index is 1.88. The Hall–Kier alpha value is -3.59. The first kappa shape index (κ1) is 20.2. The van der Waals surface area contributed by atoms with Crippen LogP contribution in [-0.4, -0.2) is 15.8 Å². The first-order valence-corrected chi connectivity index (χ1v) is 9.51. The highest BCUT2D eigenvalue weighted by Gasteiger charge is 2.22. The molecule has 6 heteroatoms. The second-order valence-corrected chi connectivity index (χ2v) is 7.97. The van der Waals surface area contributed by atoms with Crippen molar-refractivity contribution in [2.45, 2.75) is 39.2 Å². The van der Waals surface area contributed by atoms with Gasteiger partial charge in [0, 0.05) is 11.5 Å². The Kier molecular flexibility index (Phi) is 5.69. The van der Waals surface area contributed by atoms with E-state index in [1.165, 1.54) is 0 Å². The summed E-state index contributed by atoms with van der Waals surface area (Å²) in [4.78, 5) is 12.6. The summed E-state index contributed by atoms with van der Waals surface area (Å²) in [6.45, 7) is 8.12. The summed E-state index contributed by atoms with van der Waals surface area (Å²) in [5.74, 6) is 0.544. The van der Waals surface area contributed by atoms with Gasteiger partial charge in [-0.05, 0) is 30.7 Å². The predicted octanol–water partition coefficient (Wildman–Crippen LogP) is 4.92. The van der Waals surface area contributed by atoms with Crippen molar-refractivity contribution < 1.29 is 4.79 Å². The molecule has 3 aromatic rings. The molecular weight excluding hydrogens is 362 g/mol. The van der Waals surface area contributed by atoms with Crippen molar-refractivity contribution in [3.8, 4) is 11.8 Å². The lowest BCUT2D eigenvalue weighted by molar-refractivity contribution is 0.249. The van der Waals surface area contributed by atoms with Crippen LogP contribution < -0.4 is 10.6 Å². The van der Waals surface area contributed by atoms with E-state index in [0.717, 1.165) is 11.3 Å². The molecule has 1 heterocycles. The predicted molar refractivity (Wildman–Crippen MR) is 114 cm³/mol. The second-order valence-electron chi connectivity index (χ2n) is 7.97. The van der Waals surface area contributed by atoms with Gasteiger partial charge in [0.25, 0.3) is 0 Å². The standard InChI is InChI=1S/C23H25N5O/c1-16(18-10-6-5-7-11-18)25-22(29)26-21-14-20(23(2,3)4)27-28(21)19-12-8-9-17(13-19)15-24/h5-14,16H,1-4H3,(H2,25,26,29)/t16-/m0/s1. The molecule has 0 fully saturated rings. The monoisotopic (exact) mass is 387 g/mol. The lowest BCUT2D eigenvalue weighted by Gasteiger charge is -2.15. The van der Waals surface area contributed by atoms with Crippen molar-refractivity contribution in [2.75, 3.05) is 5.32 Å². The SMILES string of the molecule is C[C@H](NC(=O)Nc1cc(C(C)(C)C)nn1-c1cccc(C#N)c1)c1ccccc1. The van der Waals surface area contributed by atoms with E-state index in [1.54, 1.807) is 22.9 Å².